The van der Waals surface area contributed by atoms with E-state index in [9.17, 15) is 4.79 Å². The van der Waals surface area contributed by atoms with E-state index in [-0.39, 0.29) is 11.9 Å². The van der Waals surface area contributed by atoms with Crippen molar-refractivity contribution in [2.24, 2.45) is 16.9 Å². The fraction of sp³-hybridized carbons (Fsp3) is 0.529. The largest absolute Gasteiger partial charge is 0.461 e. The van der Waals surface area contributed by atoms with Crippen molar-refractivity contribution < 1.29 is 9.53 Å². The van der Waals surface area contributed by atoms with Gasteiger partial charge in [-0.15, -0.1) is 0 Å². The monoisotopic (exact) mass is 290 g/mol. The van der Waals surface area contributed by atoms with Gasteiger partial charge in [-0.25, -0.2) is 0 Å². The van der Waals surface area contributed by atoms with Crippen molar-refractivity contribution >= 4 is 11.7 Å². The van der Waals surface area contributed by atoms with E-state index in [1.807, 2.05) is 45.2 Å². The Balaban J connectivity index is 2.77. The maximum Gasteiger partial charge on any atom is 0.308 e. The number of benzene rings is 1. The van der Waals surface area contributed by atoms with Crippen molar-refractivity contribution in [3.05, 3.63) is 35.4 Å². The molecule has 0 fully saturated rings. The molecule has 4 heteroatoms. The Morgan fingerprint density at radius 3 is 2.33 bits per heavy atom. The third-order valence-corrected chi connectivity index (χ3v) is 3.41. The molecule has 0 aromatic heterocycles. The van der Waals surface area contributed by atoms with Crippen LogP contribution < -0.4 is 5.43 Å². The summed E-state index contributed by atoms with van der Waals surface area (Å²) in [7, 11) is 1.81. The zero-order valence-corrected chi connectivity index (χ0v) is 13.6. The average Bonchev–Trinajstić information content (AvgIpc) is 2.50. The Kier molecular flexibility index (Phi) is 6.92. The highest BCUT2D eigenvalue weighted by molar-refractivity contribution is 6.01. The number of hydrazone groups is 1. The molecule has 0 spiro atoms. The zero-order chi connectivity index (χ0) is 15.8. The number of esters is 1. The van der Waals surface area contributed by atoms with Crippen LogP contribution in [0.1, 0.15) is 45.2 Å². The second-order valence-electron chi connectivity index (χ2n) is 5.49. The van der Waals surface area contributed by atoms with Gasteiger partial charge in [-0.05, 0) is 17.5 Å². The smallest absolute Gasteiger partial charge is 0.308 e. The van der Waals surface area contributed by atoms with Gasteiger partial charge in [0.25, 0.3) is 0 Å². The first-order chi connectivity index (χ1) is 9.99. The maximum atomic E-state index is 11.5. The van der Waals surface area contributed by atoms with Crippen LogP contribution in [0.3, 0.4) is 0 Å². The van der Waals surface area contributed by atoms with Gasteiger partial charge in [0.1, 0.15) is 6.61 Å². The molecule has 116 valence electrons. The Hall–Kier alpha value is -1.84. The number of nitrogens with one attached hydrogen (secondary N) is 1. The topological polar surface area (TPSA) is 50.7 Å². The van der Waals surface area contributed by atoms with E-state index in [0.717, 1.165) is 23.3 Å². The second kappa shape index (κ2) is 8.45. The van der Waals surface area contributed by atoms with Gasteiger partial charge >= 0.3 is 5.97 Å². The van der Waals surface area contributed by atoms with Crippen LogP contribution in [0.15, 0.2) is 29.4 Å². The maximum absolute atomic E-state index is 11.5. The molecule has 21 heavy (non-hydrogen) atoms. The standard InChI is InChI=1S/C17H26N2O2/c1-6-13(4)16(19-18-5)15-9-7-14(8-10-15)11-21-17(20)12(2)3/h7-10,12-13,18H,6,11H2,1-5H3/b19-16+. The first kappa shape index (κ1) is 17.2. The summed E-state index contributed by atoms with van der Waals surface area (Å²) in [4.78, 5) is 11.5. The number of hydrogen-bond donors (Lipinski definition) is 1. The summed E-state index contributed by atoms with van der Waals surface area (Å²) in [6.45, 7) is 8.29. The molecule has 0 saturated carbocycles. The Morgan fingerprint density at radius 1 is 1.24 bits per heavy atom. The van der Waals surface area contributed by atoms with Crippen LogP contribution in [-0.2, 0) is 16.1 Å². The van der Waals surface area contributed by atoms with Crippen molar-refractivity contribution in [2.75, 3.05) is 7.05 Å². The van der Waals surface area contributed by atoms with E-state index >= 15 is 0 Å². The highest BCUT2D eigenvalue weighted by Gasteiger charge is 2.12. The highest BCUT2D eigenvalue weighted by Crippen LogP contribution is 2.14. The first-order valence-electron chi connectivity index (χ1n) is 7.49. The summed E-state index contributed by atoms with van der Waals surface area (Å²) in [5.74, 6) is 0.127. The summed E-state index contributed by atoms with van der Waals surface area (Å²) in [5, 5.41) is 4.37. The Bertz CT molecular complexity index is 478. The lowest BCUT2D eigenvalue weighted by molar-refractivity contribution is -0.148. The van der Waals surface area contributed by atoms with Crippen molar-refractivity contribution in [1.29, 1.82) is 0 Å². The summed E-state index contributed by atoms with van der Waals surface area (Å²) < 4.78 is 5.22. The van der Waals surface area contributed by atoms with Gasteiger partial charge in [-0.3, -0.25) is 4.79 Å². The molecule has 1 rings (SSSR count). The minimum Gasteiger partial charge on any atom is -0.461 e. The lowest BCUT2D eigenvalue weighted by Gasteiger charge is -2.13. The third kappa shape index (κ3) is 5.21. The van der Waals surface area contributed by atoms with E-state index in [1.54, 1.807) is 0 Å². The highest BCUT2D eigenvalue weighted by atomic mass is 16.5. The lowest BCUT2D eigenvalue weighted by atomic mass is 9.95. The number of rotatable bonds is 7. The minimum atomic E-state index is -0.170. The van der Waals surface area contributed by atoms with Crippen LogP contribution in [0.5, 0.6) is 0 Å². The lowest BCUT2D eigenvalue weighted by Crippen LogP contribution is -2.16. The number of hydrogen-bond acceptors (Lipinski definition) is 4. The average molecular weight is 290 g/mol. The molecule has 1 N–H and O–H groups in total. The predicted octanol–water partition coefficient (Wildman–Crippen LogP) is 3.36. The van der Waals surface area contributed by atoms with Gasteiger partial charge in [0.2, 0.25) is 0 Å². The molecule has 0 amide bonds. The molecule has 0 aliphatic heterocycles. The van der Waals surface area contributed by atoms with Crippen LogP contribution in [0, 0.1) is 11.8 Å². The van der Waals surface area contributed by atoms with Crippen molar-refractivity contribution in [2.45, 2.75) is 40.7 Å². The molecule has 1 aromatic rings. The number of carbonyl (C=O) groups excluding carboxylic acids is 1. The van der Waals surface area contributed by atoms with Crippen LogP contribution in [0.25, 0.3) is 0 Å². The molecule has 0 radical (unpaired) electrons. The van der Waals surface area contributed by atoms with Gasteiger partial charge in [0.15, 0.2) is 0 Å². The summed E-state index contributed by atoms with van der Waals surface area (Å²) in [5.41, 5.74) is 6.00. The van der Waals surface area contributed by atoms with E-state index in [0.29, 0.717) is 12.5 Å². The molecule has 0 heterocycles. The summed E-state index contributed by atoms with van der Waals surface area (Å²) in [6, 6.07) is 8.02. The Morgan fingerprint density at radius 2 is 1.86 bits per heavy atom. The van der Waals surface area contributed by atoms with Crippen molar-refractivity contribution in [1.82, 2.24) is 5.43 Å². The SMILES string of the molecule is CCC(C)/C(=N\NC)c1ccc(COC(=O)C(C)C)cc1. The fourth-order valence-corrected chi connectivity index (χ4v) is 1.87. The van der Waals surface area contributed by atoms with E-state index in [1.165, 1.54) is 0 Å². The fourth-order valence-electron chi connectivity index (χ4n) is 1.87. The van der Waals surface area contributed by atoms with Gasteiger partial charge in [-0.2, -0.15) is 5.10 Å². The number of ether oxygens (including phenoxy) is 1. The molecule has 0 aliphatic carbocycles. The predicted molar refractivity (Wildman–Crippen MR) is 86.1 cm³/mol. The van der Waals surface area contributed by atoms with E-state index in [4.69, 9.17) is 4.74 Å². The van der Waals surface area contributed by atoms with Crippen LogP contribution in [0.4, 0.5) is 0 Å². The van der Waals surface area contributed by atoms with Gasteiger partial charge in [-0.1, -0.05) is 52.0 Å². The molecule has 1 unspecified atom stereocenters. The third-order valence-electron chi connectivity index (χ3n) is 3.41. The molecule has 1 aromatic carbocycles. The van der Waals surface area contributed by atoms with Crippen molar-refractivity contribution in [3.63, 3.8) is 0 Å². The molecule has 1 atom stereocenters. The normalized spacial score (nSPS) is 13.1. The van der Waals surface area contributed by atoms with E-state index < -0.39 is 0 Å². The molecular weight excluding hydrogens is 264 g/mol. The van der Waals surface area contributed by atoms with Gasteiger partial charge in [0, 0.05) is 13.0 Å². The molecule has 0 bridgehead atoms. The number of nitrogens with zero attached hydrogens (tertiary/aromatic N) is 1. The van der Waals surface area contributed by atoms with Gasteiger partial charge in [0.05, 0.1) is 11.6 Å². The van der Waals surface area contributed by atoms with E-state index in [2.05, 4.69) is 24.4 Å². The molecule has 0 saturated heterocycles. The second-order valence-corrected chi connectivity index (χ2v) is 5.49. The molecule has 0 aliphatic rings. The van der Waals surface area contributed by atoms with Crippen LogP contribution >= 0.6 is 0 Å². The van der Waals surface area contributed by atoms with Crippen molar-refractivity contribution in [3.8, 4) is 0 Å². The summed E-state index contributed by atoms with van der Waals surface area (Å²) >= 11 is 0. The first-order valence-corrected chi connectivity index (χ1v) is 7.49. The minimum absolute atomic E-state index is 0.0935. The van der Waals surface area contributed by atoms with Crippen LogP contribution in [-0.4, -0.2) is 18.7 Å². The zero-order valence-electron chi connectivity index (χ0n) is 13.6. The quantitative estimate of drug-likeness (QED) is 0.476. The van der Waals surface area contributed by atoms with Gasteiger partial charge < -0.3 is 10.2 Å². The Labute approximate surface area is 127 Å². The molecular formula is C17H26N2O2. The van der Waals surface area contributed by atoms with Crippen LogP contribution in [0.2, 0.25) is 0 Å². The summed E-state index contributed by atoms with van der Waals surface area (Å²) in [6.07, 6.45) is 1.04. The molecule has 4 nitrogen and oxygen atoms in total. The number of carbonyl (C=O) groups is 1.